The van der Waals surface area contributed by atoms with Crippen molar-refractivity contribution >= 4 is 53.5 Å². The lowest BCUT2D eigenvalue weighted by atomic mass is 10.0. The van der Waals surface area contributed by atoms with Gasteiger partial charge in [0.05, 0.1) is 11.2 Å². The summed E-state index contributed by atoms with van der Waals surface area (Å²) in [5.74, 6) is 0.735. The minimum atomic E-state index is 0.735. The Morgan fingerprint density at radius 2 is 1.32 bits per heavy atom. The average Bonchev–Trinajstić information content (AvgIpc) is 2.73. The molecule has 0 saturated carbocycles. The van der Waals surface area contributed by atoms with Gasteiger partial charge in [-0.05, 0) is 35.7 Å². The molecule has 5 aromatic rings. The topological polar surface area (TPSA) is 25.8 Å². The Bertz CT molecular complexity index is 1330. The van der Waals surface area contributed by atoms with Crippen molar-refractivity contribution in [1.82, 2.24) is 9.97 Å². The smallest absolute Gasteiger partial charge is 0.160 e. The zero-order valence-electron chi connectivity index (χ0n) is 14.7. The average molecular weight is 490 g/mol. The highest BCUT2D eigenvalue weighted by atomic mass is 79.9. The van der Waals surface area contributed by atoms with Crippen molar-refractivity contribution in [3.05, 3.63) is 93.9 Å². The molecular formula is C24H14Br2N2. The summed E-state index contributed by atoms with van der Waals surface area (Å²) in [5, 5.41) is 3.32. The maximum atomic E-state index is 4.97. The van der Waals surface area contributed by atoms with Crippen molar-refractivity contribution < 1.29 is 0 Å². The predicted molar refractivity (Wildman–Crippen MR) is 123 cm³/mol. The number of nitrogens with zero attached hydrogens (tertiary/aromatic N) is 2. The molecule has 0 atom stereocenters. The van der Waals surface area contributed by atoms with E-state index in [-0.39, 0.29) is 0 Å². The van der Waals surface area contributed by atoms with Crippen LogP contribution in [0.3, 0.4) is 0 Å². The third-order valence-corrected chi connectivity index (χ3v) is 5.76. The van der Waals surface area contributed by atoms with Crippen molar-refractivity contribution in [2.24, 2.45) is 0 Å². The van der Waals surface area contributed by atoms with E-state index in [1.54, 1.807) is 0 Å². The summed E-state index contributed by atoms with van der Waals surface area (Å²) >= 11 is 7.15. The first kappa shape index (κ1) is 17.5. The van der Waals surface area contributed by atoms with Gasteiger partial charge in [0.1, 0.15) is 0 Å². The normalized spacial score (nSPS) is 11.2. The van der Waals surface area contributed by atoms with Crippen molar-refractivity contribution in [3.63, 3.8) is 0 Å². The van der Waals surface area contributed by atoms with E-state index in [0.29, 0.717) is 0 Å². The van der Waals surface area contributed by atoms with Crippen LogP contribution in [0.2, 0.25) is 0 Å². The highest BCUT2D eigenvalue weighted by Crippen LogP contribution is 2.34. The number of rotatable bonds is 2. The molecule has 2 nitrogen and oxygen atoms in total. The minimum absolute atomic E-state index is 0.735. The second-order valence-electron chi connectivity index (χ2n) is 6.60. The van der Waals surface area contributed by atoms with Gasteiger partial charge in [-0.15, -0.1) is 0 Å². The molecule has 0 spiro atoms. The fourth-order valence-corrected chi connectivity index (χ4v) is 4.24. The lowest BCUT2D eigenvalue weighted by Crippen LogP contribution is -1.96. The van der Waals surface area contributed by atoms with Crippen LogP contribution in [-0.2, 0) is 0 Å². The summed E-state index contributed by atoms with van der Waals surface area (Å²) in [5.41, 5.74) is 3.98. The summed E-state index contributed by atoms with van der Waals surface area (Å²) in [6.45, 7) is 0. The Morgan fingerprint density at radius 1 is 0.571 bits per heavy atom. The van der Waals surface area contributed by atoms with Gasteiger partial charge in [0.2, 0.25) is 0 Å². The van der Waals surface area contributed by atoms with Gasteiger partial charge in [-0.2, -0.15) is 0 Å². The molecule has 0 fully saturated rings. The molecule has 28 heavy (non-hydrogen) atoms. The molecule has 0 radical (unpaired) electrons. The standard InChI is InChI=1S/C24H14Br2N2/c25-18-8-4-7-17(14-18)22-21-11-9-16-13-19(26)10-12-20(16)23(21)28-24(27-22)15-5-2-1-3-6-15/h1-14H. The van der Waals surface area contributed by atoms with E-state index in [9.17, 15) is 0 Å². The second-order valence-corrected chi connectivity index (χ2v) is 8.43. The van der Waals surface area contributed by atoms with Crippen LogP contribution < -0.4 is 0 Å². The van der Waals surface area contributed by atoms with E-state index in [0.717, 1.165) is 53.3 Å². The Balaban J connectivity index is 1.90. The number of hydrogen-bond donors (Lipinski definition) is 0. The first-order valence-electron chi connectivity index (χ1n) is 8.90. The van der Waals surface area contributed by atoms with Crippen LogP contribution in [0.25, 0.3) is 44.3 Å². The van der Waals surface area contributed by atoms with Gasteiger partial charge in [0.25, 0.3) is 0 Å². The molecule has 0 aliphatic rings. The van der Waals surface area contributed by atoms with Crippen LogP contribution in [0.4, 0.5) is 0 Å². The van der Waals surface area contributed by atoms with Crippen LogP contribution in [0.1, 0.15) is 0 Å². The largest absolute Gasteiger partial charge is 0.227 e. The number of aromatic nitrogens is 2. The molecule has 0 aliphatic heterocycles. The number of benzene rings is 4. The third kappa shape index (κ3) is 3.13. The van der Waals surface area contributed by atoms with Crippen molar-refractivity contribution in [3.8, 4) is 22.6 Å². The van der Waals surface area contributed by atoms with E-state index >= 15 is 0 Å². The van der Waals surface area contributed by atoms with Crippen molar-refractivity contribution in [2.45, 2.75) is 0 Å². The van der Waals surface area contributed by atoms with Crippen molar-refractivity contribution in [2.75, 3.05) is 0 Å². The maximum Gasteiger partial charge on any atom is 0.160 e. The minimum Gasteiger partial charge on any atom is -0.227 e. The lowest BCUT2D eigenvalue weighted by molar-refractivity contribution is 1.23. The van der Waals surface area contributed by atoms with Crippen LogP contribution >= 0.6 is 31.9 Å². The lowest BCUT2D eigenvalue weighted by Gasteiger charge is -2.12. The van der Waals surface area contributed by atoms with E-state index in [1.165, 1.54) is 0 Å². The van der Waals surface area contributed by atoms with Gasteiger partial charge in [0, 0.05) is 30.8 Å². The van der Waals surface area contributed by atoms with E-state index in [4.69, 9.17) is 9.97 Å². The highest BCUT2D eigenvalue weighted by molar-refractivity contribution is 9.10. The molecule has 134 valence electrons. The SMILES string of the molecule is Brc1cccc(-c2nc(-c3ccccc3)nc3c2ccc2cc(Br)ccc23)c1. The summed E-state index contributed by atoms with van der Waals surface area (Å²) in [7, 11) is 0. The van der Waals surface area contributed by atoms with Gasteiger partial charge in [-0.1, -0.05) is 86.5 Å². The molecule has 4 aromatic carbocycles. The molecule has 5 rings (SSSR count). The Hall–Kier alpha value is -2.56. The third-order valence-electron chi connectivity index (χ3n) is 4.77. The van der Waals surface area contributed by atoms with Crippen molar-refractivity contribution in [1.29, 1.82) is 0 Å². The molecule has 0 saturated heterocycles. The maximum absolute atomic E-state index is 4.97. The zero-order valence-corrected chi connectivity index (χ0v) is 17.9. The van der Waals surface area contributed by atoms with Crippen LogP contribution in [0.5, 0.6) is 0 Å². The summed E-state index contributed by atoms with van der Waals surface area (Å²) in [4.78, 5) is 9.94. The van der Waals surface area contributed by atoms with E-state index in [2.05, 4.69) is 74.3 Å². The molecule has 1 aromatic heterocycles. The quantitative estimate of drug-likeness (QED) is 0.238. The molecule has 0 N–H and O–H groups in total. The highest BCUT2D eigenvalue weighted by Gasteiger charge is 2.14. The predicted octanol–water partition coefficient (Wildman–Crippen LogP) is 7.64. The number of fused-ring (bicyclic) bond motifs is 3. The summed E-state index contributed by atoms with van der Waals surface area (Å²) in [6.07, 6.45) is 0. The monoisotopic (exact) mass is 488 g/mol. The van der Waals surface area contributed by atoms with E-state index < -0.39 is 0 Å². The molecular weight excluding hydrogens is 476 g/mol. The summed E-state index contributed by atoms with van der Waals surface area (Å²) in [6, 6.07) is 28.9. The fraction of sp³-hybridized carbons (Fsp3) is 0. The Labute approximate surface area is 179 Å². The number of hydrogen-bond acceptors (Lipinski definition) is 2. The second kappa shape index (κ2) is 7.12. The van der Waals surface area contributed by atoms with Gasteiger partial charge >= 0.3 is 0 Å². The molecule has 4 heteroatoms. The Morgan fingerprint density at radius 3 is 2.14 bits per heavy atom. The molecule has 0 bridgehead atoms. The van der Waals surface area contributed by atoms with Gasteiger partial charge in [-0.25, -0.2) is 9.97 Å². The van der Waals surface area contributed by atoms with Gasteiger partial charge in [0.15, 0.2) is 5.82 Å². The molecule has 0 aliphatic carbocycles. The van der Waals surface area contributed by atoms with Gasteiger partial charge < -0.3 is 0 Å². The first-order chi connectivity index (χ1) is 13.7. The van der Waals surface area contributed by atoms with Crippen LogP contribution in [-0.4, -0.2) is 9.97 Å². The van der Waals surface area contributed by atoms with E-state index in [1.807, 2.05) is 42.5 Å². The van der Waals surface area contributed by atoms with Gasteiger partial charge in [-0.3, -0.25) is 0 Å². The molecule has 0 amide bonds. The fourth-order valence-electron chi connectivity index (χ4n) is 3.46. The molecule has 1 heterocycles. The van der Waals surface area contributed by atoms with Crippen LogP contribution in [0, 0.1) is 0 Å². The van der Waals surface area contributed by atoms with Crippen LogP contribution in [0.15, 0.2) is 93.9 Å². The Kier molecular flexibility index (Phi) is 4.46. The first-order valence-corrected chi connectivity index (χ1v) is 10.5. The molecule has 0 unspecified atom stereocenters. The zero-order chi connectivity index (χ0) is 19.1. The number of halogens is 2. The summed E-state index contributed by atoms with van der Waals surface area (Å²) < 4.78 is 2.09.